The molecule has 0 amide bonds. The molecule has 1 saturated heterocycles. The number of primary sulfonamides is 1. The largest absolute Gasteiger partial charge is 0.389 e. The molecule has 0 radical (unpaired) electrons. The average Bonchev–Trinajstić information content (AvgIpc) is 2.95. The monoisotopic (exact) mass is 344 g/mol. The smallest absolute Gasteiger partial charge is 0.238 e. The Kier molecular flexibility index (Phi) is 5.77. The highest BCUT2D eigenvalue weighted by Crippen LogP contribution is 2.24. The van der Waals surface area contributed by atoms with Crippen molar-refractivity contribution in [3.63, 3.8) is 0 Å². The Hall–Kier alpha value is -1.03. The van der Waals surface area contributed by atoms with Crippen LogP contribution >= 0.6 is 0 Å². The van der Waals surface area contributed by atoms with Crippen LogP contribution in [-0.2, 0) is 14.8 Å². The van der Waals surface area contributed by atoms with Gasteiger partial charge >= 0.3 is 0 Å². The fraction of sp³-hybridized carbons (Fsp3) is 0.600. The van der Waals surface area contributed by atoms with E-state index in [2.05, 4.69) is 5.32 Å². The lowest BCUT2D eigenvalue weighted by molar-refractivity contribution is -0.0756. The maximum Gasteiger partial charge on any atom is 0.238 e. The summed E-state index contributed by atoms with van der Waals surface area (Å²) in [4.78, 5) is 0.0543. The third-order valence-electron chi connectivity index (χ3n) is 4.21. The summed E-state index contributed by atoms with van der Waals surface area (Å²) in [5, 5.41) is 28.8. The Bertz CT molecular complexity index is 629. The third kappa shape index (κ3) is 4.50. The summed E-state index contributed by atoms with van der Waals surface area (Å²) < 4.78 is 28.0. The van der Waals surface area contributed by atoms with Crippen molar-refractivity contribution >= 4 is 10.0 Å². The molecule has 3 atom stereocenters. The Morgan fingerprint density at radius 1 is 1.48 bits per heavy atom. The number of hydrogen-bond donors (Lipinski definition) is 4. The minimum Gasteiger partial charge on any atom is -0.389 e. The number of nitrogens with one attached hydrogen (secondary N) is 1. The van der Waals surface area contributed by atoms with E-state index in [1.54, 1.807) is 12.1 Å². The molecule has 8 heteroatoms. The molecule has 1 fully saturated rings. The van der Waals surface area contributed by atoms with Crippen molar-refractivity contribution in [3.05, 3.63) is 29.8 Å². The molecule has 1 aromatic carbocycles. The van der Waals surface area contributed by atoms with Gasteiger partial charge in [0.25, 0.3) is 0 Å². The van der Waals surface area contributed by atoms with E-state index >= 15 is 0 Å². The molecule has 7 nitrogen and oxygen atoms in total. The molecule has 0 bridgehead atoms. The van der Waals surface area contributed by atoms with E-state index < -0.39 is 21.7 Å². The Morgan fingerprint density at radius 2 is 2.22 bits per heavy atom. The summed E-state index contributed by atoms with van der Waals surface area (Å²) in [5.74, 6) is 0. The van der Waals surface area contributed by atoms with Crippen molar-refractivity contribution < 1.29 is 23.4 Å². The van der Waals surface area contributed by atoms with E-state index in [1.807, 2.05) is 6.92 Å². The van der Waals surface area contributed by atoms with Crippen molar-refractivity contribution in [2.24, 2.45) is 5.14 Å². The first kappa shape index (κ1) is 18.3. The van der Waals surface area contributed by atoms with Crippen LogP contribution in [0.5, 0.6) is 0 Å². The van der Waals surface area contributed by atoms with Crippen LogP contribution in [0, 0.1) is 0 Å². The molecule has 0 aliphatic carbocycles. The number of aliphatic hydroxyl groups is 2. The first-order chi connectivity index (χ1) is 10.8. The zero-order valence-electron chi connectivity index (χ0n) is 13.1. The number of sulfonamides is 1. The second kappa shape index (κ2) is 7.25. The van der Waals surface area contributed by atoms with Gasteiger partial charge < -0.3 is 20.3 Å². The van der Waals surface area contributed by atoms with Gasteiger partial charge in [0.2, 0.25) is 10.0 Å². The second-order valence-corrected chi connectivity index (χ2v) is 7.47. The van der Waals surface area contributed by atoms with Gasteiger partial charge in [-0.1, -0.05) is 19.1 Å². The topological polar surface area (TPSA) is 122 Å². The first-order valence-corrected chi connectivity index (χ1v) is 9.15. The molecule has 0 aromatic heterocycles. The van der Waals surface area contributed by atoms with E-state index in [4.69, 9.17) is 9.88 Å². The Labute approximate surface area is 136 Å². The van der Waals surface area contributed by atoms with E-state index in [0.717, 1.165) is 5.56 Å². The summed E-state index contributed by atoms with van der Waals surface area (Å²) in [6.07, 6.45) is 0.129. The van der Waals surface area contributed by atoms with Crippen LogP contribution in [0.3, 0.4) is 0 Å². The molecule has 3 unspecified atom stereocenters. The van der Waals surface area contributed by atoms with Gasteiger partial charge in [-0.15, -0.1) is 0 Å². The summed E-state index contributed by atoms with van der Waals surface area (Å²) in [6.45, 7) is 2.67. The molecular formula is C15H24N2O5S. The maximum atomic E-state index is 11.4. The highest BCUT2D eigenvalue weighted by Gasteiger charge is 2.39. The first-order valence-electron chi connectivity index (χ1n) is 7.60. The molecule has 0 spiro atoms. The summed E-state index contributed by atoms with van der Waals surface area (Å²) in [7, 11) is -3.75. The minimum atomic E-state index is -3.75. The van der Waals surface area contributed by atoms with Crippen molar-refractivity contribution in [3.8, 4) is 0 Å². The summed E-state index contributed by atoms with van der Waals surface area (Å²) in [5.41, 5.74) is -0.464. The van der Waals surface area contributed by atoms with Crippen LogP contribution in [0.1, 0.15) is 31.4 Å². The van der Waals surface area contributed by atoms with Crippen molar-refractivity contribution in [1.82, 2.24) is 5.32 Å². The van der Waals surface area contributed by atoms with Crippen LogP contribution in [0.2, 0.25) is 0 Å². The van der Waals surface area contributed by atoms with Gasteiger partial charge in [-0.05, 0) is 24.1 Å². The van der Waals surface area contributed by atoms with Crippen LogP contribution in [0.15, 0.2) is 29.2 Å². The van der Waals surface area contributed by atoms with Gasteiger partial charge in [0.15, 0.2) is 0 Å². The molecule has 2 rings (SSSR count). The molecule has 130 valence electrons. The van der Waals surface area contributed by atoms with E-state index in [0.29, 0.717) is 19.4 Å². The third-order valence-corrected chi connectivity index (χ3v) is 5.12. The number of rotatable bonds is 7. The van der Waals surface area contributed by atoms with E-state index in [-0.39, 0.29) is 24.1 Å². The fourth-order valence-corrected chi connectivity index (χ4v) is 3.25. The SMILES string of the molecule is CCC(NCC(O)C1(O)CCOC1)c1cccc(S(N)(=O)=O)c1. The number of hydrogen-bond acceptors (Lipinski definition) is 6. The predicted octanol–water partition coefficient (Wildman–Crippen LogP) is -0.113. The van der Waals surface area contributed by atoms with Gasteiger partial charge in [0.1, 0.15) is 5.60 Å². The predicted molar refractivity (Wildman–Crippen MR) is 85.2 cm³/mol. The normalized spacial score (nSPS) is 24.5. The Morgan fingerprint density at radius 3 is 2.78 bits per heavy atom. The van der Waals surface area contributed by atoms with E-state index in [1.165, 1.54) is 12.1 Å². The van der Waals surface area contributed by atoms with Gasteiger partial charge in [0.05, 0.1) is 17.6 Å². The zero-order valence-corrected chi connectivity index (χ0v) is 13.9. The lowest BCUT2D eigenvalue weighted by Crippen LogP contribution is -2.48. The lowest BCUT2D eigenvalue weighted by Gasteiger charge is -2.29. The fourth-order valence-electron chi connectivity index (χ4n) is 2.68. The van der Waals surface area contributed by atoms with Crippen molar-refractivity contribution in [1.29, 1.82) is 0 Å². The molecule has 5 N–H and O–H groups in total. The number of nitrogens with two attached hydrogens (primary N) is 1. The number of aliphatic hydroxyl groups excluding tert-OH is 1. The number of ether oxygens (including phenoxy) is 1. The molecule has 1 heterocycles. The van der Waals surface area contributed by atoms with Gasteiger partial charge in [-0.25, -0.2) is 13.6 Å². The maximum absolute atomic E-state index is 11.4. The molecule has 1 aromatic rings. The average molecular weight is 344 g/mol. The Balaban J connectivity index is 2.05. The van der Waals surface area contributed by atoms with Gasteiger partial charge in [0, 0.05) is 25.6 Å². The van der Waals surface area contributed by atoms with Crippen LogP contribution in [0.4, 0.5) is 0 Å². The van der Waals surface area contributed by atoms with Crippen molar-refractivity contribution in [2.45, 2.75) is 42.4 Å². The highest BCUT2D eigenvalue weighted by atomic mass is 32.2. The quantitative estimate of drug-likeness (QED) is 0.547. The van der Waals surface area contributed by atoms with Crippen LogP contribution < -0.4 is 10.5 Å². The van der Waals surface area contributed by atoms with Gasteiger partial charge in [-0.3, -0.25) is 0 Å². The standard InChI is InChI=1S/C15H24N2O5S/c1-2-13(11-4-3-5-12(8-11)23(16,20)21)17-9-14(18)15(19)6-7-22-10-15/h3-5,8,13-14,17-19H,2,6-7,9-10H2,1H3,(H2,16,20,21). The zero-order chi connectivity index (χ0) is 17.1. The minimum absolute atomic E-state index is 0.0543. The van der Waals surface area contributed by atoms with E-state index in [9.17, 15) is 18.6 Å². The molecule has 0 saturated carbocycles. The van der Waals surface area contributed by atoms with Crippen LogP contribution in [-0.4, -0.2) is 50.1 Å². The lowest BCUT2D eigenvalue weighted by atomic mass is 9.95. The molecule has 1 aliphatic rings. The summed E-state index contributed by atoms with van der Waals surface area (Å²) >= 11 is 0. The summed E-state index contributed by atoms with van der Waals surface area (Å²) in [6, 6.07) is 6.25. The number of benzene rings is 1. The second-order valence-electron chi connectivity index (χ2n) is 5.91. The van der Waals surface area contributed by atoms with Gasteiger partial charge in [-0.2, -0.15) is 0 Å². The molecule has 23 heavy (non-hydrogen) atoms. The van der Waals surface area contributed by atoms with Crippen LogP contribution in [0.25, 0.3) is 0 Å². The highest BCUT2D eigenvalue weighted by molar-refractivity contribution is 7.89. The molecular weight excluding hydrogens is 320 g/mol. The molecule has 1 aliphatic heterocycles. The van der Waals surface area contributed by atoms with Crippen molar-refractivity contribution in [2.75, 3.05) is 19.8 Å².